The second-order valence-electron chi connectivity index (χ2n) is 6.96. The molecule has 0 bridgehead atoms. The van der Waals surface area contributed by atoms with Crippen molar-refractivity contribution < 1.29 is 0 Å². The molecule has 0 aliphatic heterocycles. The van der Waals surface area contributed by atoms with Crippen molar-refractivity contribution in [2.45, 2.75) is 64.5 Å². The van der Waals surface area contributed by atoms with E-state index in [9.17, 15) is 0 Å². The second kappa shape index (κ2) is 7.95. The van der Waals surface area contributed by atoms with Crippen molar-refractivity contribution in [2.75, 3.05) is 20.1 Å². The molecule has 0 atom stereocenters. The summed E-state index contributed by atoms with van der Waals surface area (Å²) in [5.74, 6) is 0.788. The first-order valence-electron chi connectivity index (χ1n) is 8.57. The minimum Gasteiger partial charge on any atom is -0.314 e. The molecule has 2 heteroatoms. The lowest BCUT2D eigenvalue weighted by atomic mass is 9.74. The summed E-state index contributed by atoms with van der Waals surface area (Å²) in [5, 5.41) is 3.72. The summed E-state index contributed by atoms with van der Waals surface area (Å²) >= 11 is 0. The molecule has 1 N–H and O–H groups in total. The van der Waals surface area contributed by atoms with Crippen LogP contribution in [-0.2, 0) is 0 Å². The fourth-order valence-electron chi connectivity index (χ4n) is 3.13. The van der Waals surface area contributed by atoms with Crippen LogP contribution in [-0.4, -0.2) is 37.1 Å². The Bertz CT molecular complexity index is 421. The molecule has 1 aromatic rings. The molecule has 0 spiro atoms. The van der Waals surface area contributed by atoms with E-state index in [4.69, 9.17) is 0 Å². The van der Waals surface area contributed by atoms with E-state index in [0.29, 0.717) is 6.04 Å². The molecule has 1 saturated carbocycles. The van der Waals surface area contributed by atoms with Crippen molar-refractivity contribution in [2.24, 2.45) is 0 Å². The molecule has 0 saturated heterocycles. The molecule has 0 aromatic heterocycles. The maximum atomic E-state index is 3.72. The number of nitrogens with zero attached hydrogens (tertiary/aromatic N) is 1. The summed E-state index contributed by atoms with van der Waals surface area (Å²) < 4.78 is 0. The summed E-state index contributed by atoms with van der Waals surface area (Å²) in [6.45, 7) is 9.16. The molecule has 0 heterocycles. The monoisotopic (exact) mass is 288 g/mol. The molecule has 0 amide bonds. The molecule has 118 valence electrons. The highest BCUT2D eigenvalue weighted by atomic mass is 15.1. The van der Waals surface area contributed by atoms with Crippen molar-refractivity contribution in [1.29, 1.82) is 0 Å². The maximum Gasteiger partial charge on any atom is 0.00787 e. The van der Waals surface area contributed by atoms with E-state index >= 15 is 0 Å². The number of hydrogen-bond acceptors (Lipinski definition) is 2. The van der Waals surface area contributed by atoms with Gasteiger partial charge in [-0.3, -0.25) is 0 Å². The predicted octanol–water partition coefficient (Wildman–Crippen LogP) is 3.95. The molecular weight excluding hydrogens is 256 g/mol. The highest BCUT2D eigenvalue weighted by Crippen LogP contribution is 2.38. The minimum absolute atomic E-state index is 0.666. The standard InChI is InChI=1S/C19H32N2/c1-15(2)21(4)12-8-7-11-20-18-13-17(14-18)19-10-6-5-9-16(19)3/h5-6,9-10,15,17-18,20H,7-8,11-14H2,1-4H3. The van der Waals surface area contributed by atoms with Crippen LogP contribution < -0.4 is 5.32 Å². The Labute approximate surface area is 130 Å². The van der Waals surface area contributed by atoms with E-state index in [2.05, 4.69) is 62.3 Å². The van der Waals surface area contributed by atoms with Gasteiger partial charge in [0, 0.05) is 12.1 Å². The lowest BCUT2D eigenvalue weighted by Crippen LogP contribution is -2.40. The molecule has 1 aromatic carbocycles. The van der Waals surface area contributed by atoms with Crippen LogP contribution in [0.5, 0.6) is 0 Å². The molecular formula is C19H32N2. The Hall–Kier alpha value is -0.860. The van der Waals surface area contributed by atoms with E-state index in [1.54, 1.807) is 5.56 Å². The Morgan fingerprint density at radius 1 is 1.19 bits per heavy atom. The third-order valence-electron chi connectivity index (χ3n) is 5.02. The largest absolute Gasteiger partial charge is 0.314 e. The van der Waals surface area contributed by atoms with Gasteiger partial charge in [0.05, 0.1) is 0 Å². The SMILES string of the molecule is Cc1ccccc1C1CC(NCCCCN(C)C(C)C)C1. The first kappa shape index (κ1) is 16.5. The van der Waals surface area contributed by atoms with Crippen molar-refractivity contribution in [3.63, 3.8) is 0 Å². The Balaban J connectivity index is 1.56. The van der Waals surface area contributed by atoms with Crippen molar-refractivity contribution >= 4 is 0 Å². The smallest absolute Gasteiger partial charge is 0.00787 e. The zero-order valence-corrected chi connectivity index (χ0v) is 14.2. The molecule has 1 fully saturated rings. The van der Waals surface area contributed by atoms with Gasteiger partial charge in [0.2, 0.25) is 0 Å². The van der Waals surface area contributed by atoms with Crippen LogP contribution in [0.4, 0.5) is 0 Å². The zero-order chi connectivity index (χ0) is 15.2. The number of nitrogens with one attached hydrogen (secondary N) is 1. The fraction of sp³-hybridized carbons (Fsp3) is 0.684. The van der Waals surface area contributed by atoms with Gasteiger partial charge in [-0.1, -0.05) is 24.3 Å². The van der Waals surface area contributed by atoms with Crippen molar-refractivity contribution in [3.05, 3.63) is 35.4 Å². The van der Waals surface area contributed by atoms with Crippen LogP contribution in [0.2, 0.25) is 0 Å². The molecule has 21 heavy (non-hydrogen) atoms. The summed E-state index contributed by atoms with van der Waals surface area (Å²) in [6, 6.07) is 10.3. The van der Waals surface area contributed by atoms with Crippen LogP contribution in [0.15, 0.2) is 24.3 Å². The van der Waals surface area contributed by atoms with Gasteiger partial charge in [-0.15, -0.1) is 0 Å². The third-order valence-corrected chi connectivity index (χ3v) is 5.02. The third kappa shape index (κ3) is 4.82. The molecule has 2 nitrogen and oxygen atoms in total. The molecule has 0 unspecified atom stereocenters. The number of aryl methyl sites for hydroxylation is 1. The number of unbranched alkanes of at least 4 members (excludes halogenated alkanes) is 1. The normalized spacial score (nSPS) is 21.8. The van der Waals surface area contributed by atoms with Gasteiger partial charge >= 0.3 is 0 Å². The Morgan fingerprint density at radius 2 is 1.90 bits per heavy atom. The quantitative estimate of drug-likeness (QED) is 0.729. The lowest BCUT2D eigenvalue weighted by Gasteiger charge is -2.37. The van der Waals surface area contributed by atoms with E-state index in [0.717, 1.165) is 12.0 Å². The average Bonchev–Trinajstić information content (AvgIpc) is 2.41. The zero-order valence-electron chi connectivity index (χ0n) is 14.2. The van der Waals surface area contributed by atoms with Gasteiger partial charge in [0.15, 0.2) is 0 Å². The summed E-state index contributed by atoms with van der Waals surface area (Å²) in [5.41, 5.74) is 3.02. The van der Waals surface area contributed by atoms with Gasteiger partial charge in [0.1, 0.15) is 0 Å². The van der Waals surface area contributed by atoms with E-state index in [1.165, 1.54) is 44.3 Å². The lowest BCUT2D eigenvalue weighted by molar-refractivity contribution is 0.260. The van der Waals surface area contributed by atoms with Gasteiger partial charge in [-0.05, 0) is 83.6 Å². The summed E-state index contributed by atoms with van der Waals surface area (Å²) in [4.78, 5) is 2.43. The minimum atomic E-state index is 0.666. The number of hydrogen-bond donors (Lipinski definition) is 1. The highest BCUT2D eigenvalue weighted by Gasteiger charge is 2.30. The summed E-state index contributed by atoms with van der Waals surface area (Å²) in [7, 11) is 2.22. The highest BCUT2D eigenvalue weighted by molar-refractivity contribution is 5.31. The van der Waals surface area contributed by atoms with E-state index in [-0.39, 0.29) is 0 Å². The van der Waals surface area contributed by atoms with Crippen LogP contribution >= 0.6 is 0 Å². The first-order chi connectivity index (χ1) is 10.1. The van der Waals surface area contributed by atoms with Gasteiger partial charge < -0.3 is 10.2 Å². The molecule has 1 aliphatic rings. The van der Waals surface area contributed by atoms with Crippen LogP contribution in [0.3, 0.4) is 0 Å². The Kier molecular flexibility index (Phi) is 6.25. The summed E-state index contributed by atoms with van der Waals surface area (Å²) in [6.07, 6.45) is 5.23. The van der Waals surface area contributed by atoms with Gasteiger partial charge in [0.25, 0.3) is 0 Å². The molecule has 2 rings (SSSR count). The molecule has 0 radical (unpaired) electrons. The fourth-order valence-corrected chi connectivity index (χ4v) is 3.13. The van der Waals surface area contributed by atoms with Crippen LogP contribution in [0, 0.1) is 6.92 Å². The average molecular weight is 288 g/mol. The number of rotatable bonds is 8. The predicted molar refractivity (Wildman–Crippen MR) is 91.9 cm³/mol. The van der Waals surface area contributed by atoms with Crippen LogP contribution in [0.25, 0.3) is 0 Å². The van der Waals surface area contributed by atoms with Crippen molar-refractivity contribution in [3.8, 4) is 0 Å². The first-order valence-corrected chi connectivity index (χ1v) is 8.57. The van der Waals surface area contributed by atoms with E-state index in [1.807, 2.05) is 0 Å². The topological polar surface area (TPSA) is 15.3 Å². The molecule has 1 aliphatic carbocycles. The Morgan fingerprint density at radius 3 is 2.57 bits per heavy atom. The maximum absolute atomic E-state index is 3.72. The van der Waals surface area contributed by atoms with E-state index < -0.39 is 0 Å². The van der Waals surface area contributed by atoms with Gasteiger partial charge in [-0.2, -0.15) is 0 Å². The second-order valence-corrected chi connectivity index (χ2v) is 6.96. The van der Waals surface area contributed by atoms with Crippen LogP contribution in [0.1, 0.15) is 56.6 Å². The van der Waals surface area contributed by atoms with Crippen molar-refractivity contribution in [1.82, 2.24) is 10.2 Å². The number of benzene rings is 1. The van der Waals surface area contributed by atoms with Gasteiger partial charge in [-0.25, -0.2) is 0 Å².